The van der Waals surface area contributed by atoms with Crippen LogP contribution >= 0.6 is 0 Å². The van der Waals surface area contributed by atoms with E-state index < -0.39 is 5.60 Å². The Morgan fingerprint density at radius 3 is 3.05 bits per heavy atom. The van der Waals surface area contributed by atoms with E-state index in [1.54, 1.807) is 0 Å². The van der Waals surface area contributed by atoms with Crippen molar-refractivity contribution in [1.29, 1.82) is 0 Å². The molecule has 0 unspecified atom stereocenters. The molecule has 1 aromatic carbocycles. The second-order valence-corrected chi connectivity index (χ2v) is 6.03. The normalized spacial score (nSPS) is 39.2. The molecule has 19 heavy (non-hydrogen) atoms. The standard InChI is InChI=1S/C16H18O3/c1-2-7-15-8-11-9-18-10-16(11,19-15)13-6-4-3-5-12(13)14(15)17/h3-6,11H,2,7-10H2,1H3/t11-,15-,16+/m1/s1. The quantitative estimate of drug-likeness (QED) is 0.818. The maximum absolute atomic E-state index is 12.8. The molecule has 3 heterocycles. The molecule has 1 spiro atoms. The lowest BCUT2D eigenvalue weighted by Gasteiger charge is -2.39. The largest absolute Gasteiger partial charge is 0.378 e. The van der Waals surface area contributed by atoms with Crippen LogP contribution in [0.25, 0.3) is 0 Å². The number of carbonyl (C=O) groups excluding carboxylic acids is 1. The van der Waals surface area contributed by atoms with Crippen molar-refractivity contribution in [2.75, 3.05) is 13.2 Å². The molecule has 0 saturated carbocycles. The summed E-state index contributed by atoms with van der Waals surface area (Å²) in [5, 5.41) is 0. The summed E-state index contributed by atoms with van der Waals surface area (Å²) in [7, 11) is 0. The Hall–Kier alpha value is -1.19. The van der Waals surface area contributed by atoms with Crippen LogP contribution in [0, 0.1) is 5.92 Å². The van der Waals surface area contributed by atoms with Crippen molar-refractivity contribution >= 4 is 5.78 Å². The van der Waals surface area contributed by atoms with Crippen LogP contribution < -0.4 is 0 Å². The number of fused-ring (bicyclic) bond motifs is 2. The Labute approximate surface area is 112 Å². The highest BCUT2D eigenvalue weighted by atomic mass is 16.6. The van der Waals surface area contributed by atoms with Gasteiger partial charge in [0.1, 0.15) is 11.2 Å². The van der Waals surface area contributed by atoms with Gasteiger partial charge in [-0.2, -0.15) is 0 Å². The summed E-state index contributed by atoms with van der Waals surface area (Å²) in [6.07, 6.45) is 2.60. The summed E-state index contributed by atoms with van der Waals surface area (Å²) in [5.74, 6) is 0.511. The van der Waals surface area contributed by atoms with Gasteiger partial charge in [0.05, 0.1) is 13.2 Å². The Balaban J connectivity index is 1.94. The van der Waals surface area contributed by atoms with E-state index in [9.17, 15) is 4.79 Å². The zero-order valence-corrected chi connectivity index (χ0v) is 11.1. The van der Waals surface area contributed by atoms with Crippen LogP contribution in [-0.4, -0.2) is 24.6 Å². The molecule has 3 atom stereocenters. The van der Waals surface area contributed by atoms with E-state index in [1.807, 2.05) is 24.3 Å². The molecule has 0 aromatic heterocycles. The predicted molar refractivity (Wildman–Crippen MR) is 70.1 cm³/mol. The first-order valence-corrected chi connectivity index (χ1v) is 7.14. The molecule has 100 valence electrons. The van der Waals surface area contributed by atoms with Crippen LogP contribution in [0.4, 0.5) is 0 Å². The monoisotopic (exact) mass is 258 g/mol. The molecule has 3 aliphatic rings. The van der Waals surface area contributed by atoms with Gasteiger partial charge in [-0.3, -0.25) is 4.79 Å². The smallest absolute Gasteiger partial charge is 0.195 e. The van der Waals surface area contributed by atoms with Crippen LogP contribution in [-0.2, 0) is 15.1 Å². The highest BCUT2D eigenvalue weighted by Gasteiger charge is 2.65. The minimum Gasteiger partial charge on any atom is -0.378 e. The van der Waals surface area contributed by atoms with Gasteiger partial charge in [0, 0.05) is 11.5 Å². The van der Waals surface area contributed by atoms with Gasteiger partial charge < -0.3 is 9.47 Å². The molecular formula is C16H18O3. The summed E-state index contributed by atoms with van der Waals surface area (Å²) in [4.78, 5) is 12.8. The number of Topliss-reactive ketones (excluding diaryl/α,β-unsaturated/α-hetero) is 1. The van der Waals surface area contributed by atoms with E-state index in [-0.39, 0.29) is 11.4 Å². The first-order valence-electron chi connectivity index (χ1n) is 7.14. The van der Waals surface area contributed by atoms with Crippen LogP contribution in [0.3, 0.4) is 0 Å². The number of hydrogen-bond acceptors (Lipinski definition) is 3. The molecule has 0 N–H and O–H groups in total. The molecule has 0 radical (unpaired) electrons. The van der Waals surface area contributed by atoms with Crippen LogP contribution in [0.5, 0.6) is 0 Å². The lowest BCUT2D eigenvalue weighted by Crippen LogP contribution is -2.47. The zero-order chi connectivity index (χ0) is 13.1. The van der Waals surface area contributed by atoms with E-state index in [4.69, 9.17) is 9.47 Å². The van der Waals surface area contributed by atoms with Gasteiger partial charge in [-0.15, -0.1) is 0 Å². The van der Waals surface area contributed by atoms with Gasteiger partial charge in [0.15, 0.2) is 5.78 Å². The molecule has 1 aromatic rings. The van der Waals surface area contributed by atoms with Crippen molar-refractivity contribution in [2.24, 2.45) is 5.92 Å². The van der Waals surface area contributed by atoms with Gasteiger partial charge in [-0.1, -0.05) is 37.6 Å². The van der Waals surface area contributed by atoms with E-state index >= 15 is 0 Å². The fourth-order valence-electron chi connectivity index (χ4n) is 4.19. The van der Waals surface area contributed by atoms with E-state index in [2.05, 4.69) is 6.92 Å². The number of ether oxygens (including phenoxy) is 2. The Morgan fingerprint density at radius 2 is 2.21 bits per heavy atom. The van der Waals surface area contributed by atoms with Crippen molar-refractivity contribution < 1.29 is 14.3 Å². The topological polar surface area (TPSA) is 35.5 Å². The zero-order valence-electron chi connectivity index (χ0n) is 11.1. The van der Waals surface area contributed by atoms with E-state index in [1.165, 1.54) is 0 Å². The van der Waals surface area contributed by atoms with Crippen LogP contribution in [0.1, 0.15) is 42.1 Å². The fourth-order valence-corrected chi connectivity index (χ4v) is 4.19. The number of hydrogen-bond donors (Lipinski definition) is 0. The summed E-state index contributed by atoms with van der Waals surface area (Å²) in [6.45, 7) is 3.42. The predicted octanol–water partition coefficient (Wildman–Crippen LogP) is 2.68. The lowest BCUT2D eigenvalue weighted by molar-refractivity contribution is -0.112. The first kappa shape index (κ1) is 11.6. The highest BCUT2D eigenvalue weighted by Crippen LogP contribution is 2.58. The summed E-state index contributed by atoms with van der Waals surface area (Å²) >= 11 is 0. The number of benzene rings is 1. The lowest BCUT2D eigenvalue weighted by atomic mass is 9.82. The van der Waals surface area contributed by atoms with Crippen molar-refractivity contribution in [3.63, 3.8) is 0 Å². The molecule has 0 amide bonds. The minimum absolute atomic E-state index is 0.185. The van der Waals surface area contributed by atoms with Crippen molar-refractivity contribution in [3.8, 4) is 0 Å². The summed E-state index contributed by atoms with van der Waals surface area (Å²) in [6, 6.07) is 7.93. The van der Waals surface area contributed by atoms with Crippen molar-refractivity contribution in [3.05, 3.63) is 35.4 Å². The Bertz CT molecular complexity index is 553. The average Bonchev–Trinajstić information content (AvgIpc) is 2.91. The molecule has 2 saturated heterocycles. The first-order chi connectivity index (χ1) is 9.22. The Kier molecular flexibility index (Phi) is 2.25. The number of rotatable bonds is 2. The van der Waals surface area contributed by atoms with Gasteiger partial charge in [0.25, 0.3) is 0 Å². The molecule has 4 rings (SSSR count). The summed E-state index contributed by atoms with van der Waals surface area (Å²) in [5.41, 5.74) is 0.957. The third-order valence-electron chi connectivity index (χ3n) is 4.94. The Morgan fingerprint density at radius 1 is 1.37 bits per heavy atom. The van der Waals surface area contributed by atoms with Crippen LogP contribution in [0.15, 0.2) is 24.3 Å². The molecule has 2 bridgehead atoms. The number of carbonyl (C=O) groups is 1. The van der Waals surface area contributed by atoms with E-state index in [0.717, 1.165) is 30.4 Å². The van der Waals surface area contributed by atoms with Crippen molar-refractivity contribution in [1.82, 2.24) is 0 Å². The maximum Gasteiger partial charge on any atom is 0.195 e. The second-order valence-electron chi connectivity index (χ2n) is 6.03. The molecule has 3 heteroatoms. The van der Waals surface area contributed by atoms with Gasteiger partial charge in [-0.25, -0.2) is 0 Å². The van der Waals surface area contributed by atoms with Gasteiger partial charge in [0.2, 0.25) is 0 Å². The third kappa shape index (κ3) is 1.27. The highest BCUT2D eigenvalue weighted by molar-refractivity contribution is 6.05. The molecule has 2 fully saturated rings. The maximum atomic E-state index is 12.8. The fraction of sp³-hybridized carbons (Fsp3) is 0.562. The minimum atomic E-state index is -0.586. The average molecular weight is 258 g/mol. The van der Waals surface area contributed by atoms with Crippen molar-refractivity contribution in [2.45, 2.75) is 37.4 Å². The van der Waals surface area contributed by atoms with Gasteiger partial charge in [-0.05, 0) is 18.4 Å². The van der Waals surface area contributed by atoms with E-state index in [0.29, 0.717) is 19.1 Å². The second kappa shape index (κ2) is 3.68. The van der Waals surface area contributed by atoms with Crippen LogP contribution in [0.2, 0.25) is 0 Å². The molecular weight excluding hydrogens is 240 g/mol. The van der Waals surface area contributed by atoms with Gasteiger partial charge >= 0.3 is 0 Å². The third-order valence-corrected chi connectivity index (χ3v) is 4.94. The summed E-state index contributed by atoms with van der Waals surface area (Å²) < 4.78 is 12.1. The molecule has 3 aliphatic heterocycles. The SMILES string of the molecule is CCC[C@]12C[C@@H]3COC[C@@]3(O1)c1ccccc1C2=O. The molecule has 0 aliphatic carbocycles. The number of ketones is 1. The molecule has 3 nitrogen and oxygen atoms in total.